The van der Waals surface area contributed by atoms with Gasteiger partial charge in [-0.25, -0.2) is 9.67 Å². The summed E-state index contributed by atoms with van der Waals surface area (Å²) in [6, 6.07) is 10.0. The Kier molecular flexibility index (Phi) is 3.68. The average Bonchev–Trinajstić information content (AvgIpc) is 3.26. The lowest BCUT2D eigenvalue weighted by Gasteiger charge is -2.17. The fourth-order valence-electron chi connectivity index (χ4n) is 4.67. The van der Waals surface area contributed by atoms with E-state index in [0.29, 0.717) is 17.4 Å². The number of aryl methyl sites for hydroxylation is 3. The van der Waals surface area contributed by atoms with Crippen LogP contribution in [0.4, 0.5) is 0 Å². The van der Waals surface area contributed by atoms with Crippen LogP contribution in [-0.4, -0.2) is 24.4 Å². The quantitative estimate of drug-likeness (QED) is 0.381. The first-order valence-corrected chi connectivity index (χ1v) is 11.1. The molecule has 0 saturated carbocycles. The van der Waals surface area contributed by atoms with E-state index >= 15 is 0 Å². The minimum absolute atomic E-state index is 0.0735. The predicted molar refractivity (Wildman–Crippen MR) is 120 cm³/mol. The summed E-state index contributed by atoms with van der Waals surface area (Å²) in [5.74, 6) is 1.31. The van der Waals surface area contributed by atoms with E-state index in [4.69, 9.17) is 10.1 Å². The minimum atomic E-state index is -0.0735. The number of nitrogens with zero attached hydrogens (tertiary/aromatic N) is 5. The topological polar surface area (TPSA) is 65.1 Å². The molecule has 0 aliphatic heterocycles. The van der Waals surface area contributed by atoms with Gasteiger partial charge in [0.1, 0.15) is 4.83 Å². The van der Waals surface area contributed by atoms with Crippen molar-refractivity contribution < 1.29 is 0 Å². The molecule has 1 aliphatic rings. The van der Waals surface area contributed by atoms with Crippen molar-refractivity contribution >= 4 is 38.0 Å². The zero-order valence-electron chi connectivity index (χ0n) is 17.1. The van der Waals surface area contributed by atoms with Gasteiger partial charge in [-0.2, -0.15) is 9.61 Å². The number of hydrogen-bond acceptors (Lipinski definition) is 5. The van der Waals surface area contributed by atoms with Gasteiger partial charge in [0.05, 0.1) is 11.1 Å². The first kappa shape index (κ1) is 17.8. The summed E-state index contributed by atoms with van der Waals surface area (Å²) in [6.45, 7) is 6.24. The highest BCUT2D eigenvalue weighted by atomic mass is 32.1. The molecule has 5 aromatic rings. The Morgan fingerprint density at radius 3 is 2.70 bits per heavy atom. The van der Waals surface area contributed by atoms with Crippen molar-refractivity contribution in [3.63, 3.8) is 0 Å². The molecule has 1 aliphatic carbocycles. The first-order chi connectivity index (χ1) is 14.5. The van der Waals surface area contributed by atoms with Gasteiger partial charge < -0.3 is 0 Å². The number of benzene rings is 1. The van der Waals surface area contributed by atoms with Crippen LogP contribution in [0.2, 0.25) is 0 Å². The van der Waals surface area contributed by atoms with Crippen molar-refractivity contribution in [2.75, 3.05) is 0 Å². The van der Waals surface area contributed by atoms with Gasteiger partial charge in [0, 0.05) is 21.3 Å². The van der Waals surface area contributed by atoms with Crippen LogP contribution in [0, 0.1) is 19.8 Å². The van der Waals surface area contributed by atoms with Gasteiger partial charge in [-0.15, -0.1) is 16.4 Å². The molecule has 1 aromatic carbocycles. The highest BCUT2D eigenvalue weighted by molar-refractivity contribution is 7.18. The molecule has 6 nitrogen and oxygen atoms in total. The molecule has 150 valence electrons. The van der Waals surface area contributed by atoms with E-state index in [-0.39, 0.29) is 5.56 Å². The maximum Gasteiger partial charge on any atom is 0.283 e. The Morgan fingerprint density at radius 1 is 1.13 bits per heavy atom. The molecule has 30 heavy (non-hydrogen) atoms. The number of aromatic nitrogens is 5. The van der Waals surface area contributed by atoms with E-state index in [0.717, 1.165) is 51.6 Å². The summed E-state index contributed by atoms with van der Waals surface area (Å²) in [6.07, 6.45) is 3.09. The van der Waals surface area contributed by atoms with Crippen LogP contribution >= 0.6 is 11.3 Å². The monoisotopic (exact) mass is 415 g/mol. The third-order valence-corrected chi connectivity index (χ3v) is 7.27. The van der Waals surface area contributed by atoms with Gasteiger partial charge in [0.2, 0.25) is 0 Å². The third-order valence-electron chi connectivity index (χ3n) is 6.12. The Labute approximate surface area is 176 Å². The molecule has 4 aromatic heterocycles. The van der Waals surface area contributed by atoms with Crippen molar-refractivity contribution in [2.24, 2.45) is 5.92 Å². The second-order valence-electron chi connectivity index (χ2n) is 8.39. The predicted octanol–water partition coefficient (Wildman–Crippen LogP) is 4.38. The molecular weight excluding hydrogens is 394 g/mol. The Bertz CT molecular complexity index is 1540. The highest BCUT2D eigenvalue weighted by Gasteiger charge is 2.25. The van der Waals surface area contributed by atoms with Crippen molar-refractivity contribution in [2.45, 2.75) is 40.0 Å². The fraction of sp³-hybridized carbons (Fsp3) is 0.304. The van der Waals surface area contributed by atoms with Crippen LogP contribution in [0.15, 0.2) is 35.1 Å². The molecule has 0 amide bonds. The number of thiophene rings is 1. The van der Waals surface area contributed by atoms with Gasteiger partial charge in [-0.1, -0.05) is 31.2 Å². The van der Waals surface area contributed by atoms with Crippen LogP contribution in [0.25, 0.3) is 32.5 Å². The summed E-state index contributed by atoms with van der Waals surface area (Å²) in [5.41, 5.74) is 3.62. The molecule has 0 N–H and O–H groups in total. The lowest BCUT2D eigenvalue weighted by atomic mass is 9.89. The lowest BCUT2D eigenvalue weighted by molar-refractivity contribution is 0.509. The zero-order valence-corrected chi connectivity index (χ0v) is 18.0. The summed E-state index contributed by atoms with van der Waals surface area (Å²) in [4.78, 5) is 20.8. The number of hydrogen-bond donors (Lipinski definition) is 0. The molecular formula is C23H21N5OS. The Morgan fingerprint density at radius 2 is 1.93 bits per heavy atom. The van der Waals surface area contributed by atoms with Gasteiger partial charge in [-0.05, 0) is 50.7 Å². The van der Waals surface area contributed by atoms with E-state index < -0.39 is 0 Å². The largest absolute Gasteiger partial charge is 0.283 e. The maximum atomic E-state index is 13.7. The molecule has 0 saturated heterocycles. The first-order valence-electron chi connectivity index (χ1n) is 10.3. The SMILES string of the molecule is Cc1cc(C)n(-c2nn3c(=O)c4c5c(sc4nc3c3ccccc23)C[C@@H](C)CC5)n1. The summed E-state index contributed by atoms with van der Waals surface area (Å²) in [7, 11) is 0. The van der Waals surface area contributed by atoms with Crippen molar-refractivity contribution in [3.8, 4) is 5.82 Å². The van der Waals surface area contributed by atoms with E-state index in [2.05, 4.69) is 12.0 Å². The van der Waals surface area contributed by atoms with Crippen LogP contribution < -0.4 is 5.56 Å². The standard InChI is InChI=1S/C23H21N5OS/c1-12-8-9-17-18(10-12)30-22-19(17)23(29)28-20(24-22)15-6-4-5-7-16(15)21(26-28)27-14(3)11-13(2)25-27/h4-7,11-12H,8-10H2,1-3H3/t12-/m0/s1. The Balaban J connectivity index is 1.77. The molecule has 6 rings (SSSR count). The van der Waals surface area contributed by atoms with Crippen LogP contribution in [0.5, 0.6) is 0 Å². The fourth-order valence-corrected chi connectivity index (χ4v) is 6.04. The summed E-state index contributed by atoms with van der Waals surface area (Å²) >= 11 is 1.68. The smallest absolute Gasteiger partial charge is 0.267 e. The van der Waals surface area contributed by atoms with Crippen molar-refractivity contribution in [1.29, 1.82) is 0 Å². The van der Waals surface area contributed by atoms with Gasteiger partial charge in [0.25, 0.3) is 5.56 Å². The van der Waals surface area contributed by atoms with Crippen LogP contribution in [0.1, 0.15) is 35.2 Å². The van der Waals surface area contributed by atoms with Crippen LogP contribution in [-0.2, 0) is 12.8 Å². The lowest BCUT2D eigenvalue weighted by Crippen LogP contribution is -2.21. The van der Waals surface area contributed by atoms with E-state index in [1.165, 1.54) is 15.0 Å². The number of fused-ring (bicyclic) bond motifs is 6. The average molecular weight is 416 g/mol. The summed E-state index contributed by atoms with van der Waals surface area (Å²) in [5, 5.41) is 12.0. The van der Waals surface area contributed by atoms with Gasteiger partial charge >= 0.3 is 0 Å². The molecule has 4 heterocycles. The summed E-state index contributed by atoms with van der Waals surface area (Å²) < 4.78 is 3.31. The second-order valence-corrected chi connectivity index (χ2v) is 9.48. The number of rotatable bonds is 1. The van der Waals surface area contributed by atoms with E-state index in [1.54, 1.807) is 11.3 Å². The van der Waals surface area contributed by atoms with Gasteiger partial charge in [-0.3, -0.25) is 4.79 Å². The van der Waals surface area contributed by atoms with Gasteiger partial charge in [0.15, 0.2) is 11.5 Å². The van der Waals surface area contributed by atoms with E-state index in [1.807, 2.05) is 48.9 Å². The molecule has 1 atom stereocenters. The molecule has 0 spiro atoms. The zero-order chi connectivity index (χ0) is 20.6. The van der Waals surface area contributed by atoms with Crippen LogP contribution in [0.3, 0.4) is 0 Å². The highest BCUT2D eigenvalue weighted by Crippen LogP contribution is 2.36. The molecule has 7 heteroatoms. The normalized spacial score (nSPS) is 16.6. The molecule has 0 unspecified atom stereocenters. The minimum Gasteiger partial charge on any atom is -0.267 e. The molecule has 0 radical (unpaired) electrons. The van der Waals surface area contributed by atoms with Crippen molar-refractivity contribution in [1.82, 2.24) is 24.4 Å². The maximum absolute atomic E-state index is 13.7. The Hall–Kier alpha value is -3.06. The molecule has 0 bridgehead atoms. The second kappa shape index (κ2) is 6.22. The van der Waals surface area contributed by atoms with E-state index in [9.17, 15) is 4.79 Å². The van der Waals surface area contributed by atoms with Crippen molar-refractivity contribution in [3.05, 3.63) is 62.5 Å². The third kappa shape index (κ3) is 2.41. The molecule has 0 fully saturated rings.